The number of rotatable bonds is 5. The van der Waals surface area contributed by atoms with Crippen molar-refractivity contribution in [1.29, 1.82) is 5.41 Å². The van der Waals surface area contributed by atoms with Crippen molar-refractivity contribution in [3.8, 4) is 0 Å². The lowest BCUT2D eigenvalue weighted by Crippen LogP contribution is -2.24. The van der Waals surface area contributed by atoms with E-state index in [0.717, 1.165) is 5.03 Å². The van der Waals surface area contributed by atoms with Gasteiger partial charge in [0.25, 0.3) is 0 Å². The number of amides is 1. The number of aryl methyl sites for hydroxylation is 2. The Kier molecular flexibility index (Phi) is 4.56. The first-order valence-electron chi connectivity index (χ1n) is 5.24. The number of nitrogens with two attached hydrogens (primary N) is 1. The molecule has 1 heterocycles. The zero-order valence-electron chi connectivity index (χ0n) is 10.2. The lowest BCUT2D eigenvalue weighted by molar-refractivity contribution is -0.118. The molecule has 0 spiro atoms. The fraction of sp³-hybridized carbons (Fsp3) is 0.500. The number of carbonyl (C=O) groups excluding carboxylic acids is 1. The van der Waals surface area contributed by atoms with Crippen LogP contribution in [0.1, 0.15) is 18.2 Å². The van der Waals surface area contributed by atoms with E-state index in [4.69, 9.17) is 11.1 Å². The highest BCUT2D eigenvalue weighted by atomic mass is 32.2. The SMILES string of the molecule is CCNC(=O)CSc1c(C(=N)N)c(C)nn1C. The first kappa shape index (κ1) is 13.6. The van der Waals surface area contributed by atoms with E-state index in [9.17, 15) is 4.79 Å². The van der Waals surface area contributed by atoms with Crippen molar-refractivity contribution in [2.75, 3.05) is 12.3 Å². The molecule has 0 aliphatic heterocycles. The Labute approximate surface area is 104 Å². The molecule has 1 aromatic heterocycles. The topological polar surface area (TPSA) is 96.8 Å². The van der Waals surface area contributed by atoms with Crippen molar-refractivity contribution in [2.45, 2.75) is 18.9 Å². The first-order chi connectivity index (χ1) is 7.97. The lowest BCUT2D eigenvalue weighted by Gasteiger charge is -2.05. The minimum absolute atomic E-state index is 0.0194. The molecule has 0 radical (unpaired) electrons. The highest BCUT2D eigenvalue weighted by molar-refractivity contribution is 8.00. The summed E-state index contributed by atoms with van der Waals surface area (Å²) in [6.45, 7) is 4.29. The van der Waals surface area contributed by atoms with Gasteiger partial charge in [0.2, 0.25) is 5.91 Å². The van der Waals surface area contributed by atoms with E-state index in [1.807, 2.05) is 6.92 Å². The standard InChI is InChI=1S/C10H17N5OS/c1-4-13-7(16)5-17-10-8(9(11)12)6(2)14-15(10)3/h4-5H2,1-3H3,(H3,11,12)(H,13,16). The van der Waals surface area contributed by atoms with Gasteiger partial charge in [0.05, 0.1) is 17.0 Å². The van der Waals surface area contributed by atoms with Crippen molar-refractivity contribution in [2.24, 2.45) is 12.8 Å². The number of carbonyl (C=O) groups is 1. The van der Waals surface area contributed by atoms with Gasteiger partial charge in [-0.1, -0.05) is 11.8 Å². The van der Waals surface area contributed by atoms with Crippen LogP contribution in [0.25, 0.3) is 0 Å². The van der Waals surface area contributed by atoms with Gasteiger partial charge in [-0.05, 0) is 13.8 Å². The van der Waals surface area contributed by atoms with Gasteiger partial charge in [-0.15, -0.1) is 0 Å². The van der Waals surface area contributed by atoms with Crippen molar-refractivity contribution < 1.29 is 4.79 Å². The zero-order chi connectivity index (χ0) is 13.0. The Balaban J connectivity index is 2.83. The molecule has 1 aromatic rings. The van der Waals surface area contributed by atoms with Gasteiger partial charge in [-0.3, -0.25) is 14.9 Å². The first-order valence-corrected chi connectivity index (χ1v) is 6.23. The molecular weight excluding hydrogens is 238 g/mol. The molecule has 0 bridgehead atoms. The fourth-order valence-electron chi connectivity index (χ4n) is 1.49. The van der Waals surface area contributed by atoms with Gasteiger partial charge in [0, 0.05) is 13.6 Å². The molecule has 0 aliphatic carbocycles. The van der Waals surface area contributed by atoms with Crippen molar-refractivity contribution in [3.63, 3.8) is 0 Å². The van der Waals surface area contributed by atoms with Gasteiger partial charge in [-0.2, -0.15) is 5.10 Å². The summed E-state index contributed by atoms with van der Waals surface area (Å²) in [5, 5.41) is 15.2. The van der Waals surface area contributed by atoms with Crippen LogP contribution in [-0.4, -0.2) is 33.8 Å². The van der Waals surface area contributed by atoms with E-state index in [-0.39, 0.29) is 11.7 Å². The van der Waals surface area contributed by atoms with E-state index < -0.39 is 0 Å². The van der Waals surface area contributed by atoms with Gasteiger partial charge < -0.3 is 11.1 Å². The Morgan fingerprint density at radius 2 is 2.29 bits per heavy atom. The fourth-order valence-corrected chi connectivity index (χ4v) is 2.49. The number of nitrogen functional groups attached to an aromatic ring is 1. The summed E-state index contributed by atoms with van der Waals surface area (Å²) in [6.07, 6.45) is 0. The second kappa shape index (κ2) is 5.72. The Morgan fingerprint density at radius 1 is 1.65 bits per heavy atom. The third-order valence-corrected chi connectivity index (χ3v) is 3.30. The van der Waals surface area contributed by atoms with Crippen LogP contribution in [0.15, 0.2) is 5.03 Å². The molecule has 4 N–H and O–H groups in total. The molecule has 0 aliphatic rings. The molecule has 1 amide bonds. The lowest BCUT2D eigenvalue weighted by atomic mass is 10.2. The van der Waals surface area contributed by atoms with Gasteiger partial charge in [-0.25, -0.2) is 0 Å². The summed E-state index contributed by atoms with van der Waals surface area (Å²) in [5.74, 6) is 0.243. The van der Waals surface area contributed by atoms with Crippen LogP contribution in [0.3, 0.4) is 0 Å². The molecule has 0 atom stereocenters. The Bertz CT molecular complexity index is 440. The summed E-state index contributed by atoms with van der Waals surface area (Å²) < 4.78 is 1.65. The Morgan fingerprint density at radius 3 is 2.82 bits per heavy atom. The molecule has 17 heavy (non-hydrogen) atoms. The van der Waals surface area contributed by atoms with E-state index in [0.29, 0.717) is 23.6 Å². The number of hydrogen-bond donors (Lipinski definition) is 3. The number of hydrogen-bond acceptors (Lipinski definition) is 4. The average molecular weight is 255 g/mol. The Hall–Kier alpha value is -1.50. The van der Waals surface area contributed by atoms with Crippen molar-refractivity contribution >= 4 is 23.5 Å². The molecule has 0 unspecified atom stereocenters. The largest absolute Gasteiger partial charge is 0.384 e. The van der Waals surface area contributed by atoms with Crippen molar-refractivity contribution in [3.05, 3.63) is 11.3 Å². The van der Waals surface area contributed by atoms with E-state index >= 15 is 0 Å². The van der Waals surface area contributed by atoms with E-state index in [1.165, 1.54) is 11.8 Å². The second-order valence-electron chi connectivity index (χ2n) is 3.55. The summed E-state index contributed by atoms with van der Waals surface area (Å²) in [6, 6.07) is 0. The molecule has 0 fully saturated rings. The maximum absolute atomic E-state index is 11.4. The second-order valence-corrected chi connectivity index (χ2v) is 4.51. The van der Waals surface area contributed by atoms with Crippen LogP contribution in [0.5, 0.6) is 0 Å². The molecule has 7 heteroatoms. The van der Waals surface area contributed by atoms with Crippen LogP contribution in [0.4, 0.5) is 0 Å². The summed E-state index contributed by atoms with van der Waals surface area (Å²) >= 11 is 1.34. The molecule has 0 saturated heterocycles. The van der Waals surface area contributed by atoms with E-state index in [2.05, 4.69) is 10.4 Å². The monoisotopic (exact) mass is 255 g/mol. The third kappa shape index (κ3) is 3.23. The minimum atomic E-state index is -0.0362. The number of amidine groups is 1. The van der Waals surface area contributed by atoms with Gasteiger partial charge in [0.15, 0.2) is 0 Å². The van der Waals surface area contributed by atoms with Crippen LogP contribution >= 0.6 is 11.8 Å². The number of nitrogens with one attached hydrogen (secondary N) is 2. The predicted octanol–water partition coefficient (Wildman–Crippen LogP) is 0.241. The molecule has 6 nitrogen and oxygen atoms in total. The summed E-state index contributed by atoms with van der Waals surface area (Å²) in [5.41, 5.74) is 6.83. The summed E-state index contributed by atoms with van der Waals surface area (Å²) in [7, 11) is 1.78. The average Bonchev–Trinajstić information content (AvgIpc) is 2.50. The third-order valence-electron chi connectivity index (χ3n) is 2.15. The van der Waals surface area contributed by atoms with Crippen LogP contribution < -0.4 is 11.1 Å². The quantitative estimate of drug-likeness (QED) is 0.399. The molecule has 0 saturated carbocycles. The highest BCUT2D eigenvalue weighted by Gasteiger charge is 2.17. The number of nitrogens with zero attached hydrogens (tertiary/aromatic N) is 2. The number of aromatic nitrogens is 2. The smallest absolute Gasteiger partial charge is 0.230 e. The maximum Gasteiger partial charge on any atom is 0.230 e. The minimum Gasteiger partial charge on any atom is -0.384 e. The normalized spacial score (nSPS) is 10.3. The zero-order valence-corrected chi connectivity index (χ0v) is 11.0. The van der Waals surface area contributed by atoms with Gasteiger partial charge in [0.1, 0.15) is 10.9 Å². The molecule has 1 rings (SSSR count). The van der Waals surface area contributed by atoms with Crippen LogP contribution in [0.2, 0.25) is 0 Å². The summed E-state index contributed by atoms with van der Waals surface area (Å²) in [4.78, 5) is 11.4. The van der Waals surface area contributed by atoms with Crippen LogP contribution in [0, 0.1) is 12.3 Å². The van der Waals surface area contributed by atoms with Gasteiger partial charge >= 0.3 is 0 Å². The maximum atomic E-state index is 11.4. The van der Waals surface area contributed by atoms with E-state index in [1.54, 1.807) is 18.7 Å². The molecule has 0 aromatic carbocycles. The van der Waals surface area contributed by atoms with Crippen LogP contribution in [-0.2, 0) is 11.8 Å². The highest BCUT2D eigenvalue weighted by Crippen LogP contribution is 2.24. The predicted molar refractivity (Wildman–Crippen MR) is 68.4 cm³/mol. The number of thioether (sulfide) groups is 1. The molecular formula is C10H17N5OS. The van der Waals surface area contributed by atoms with Crippen molar-refractivity contribution in [1.82, 2.24) is 15.1 Å². The molecule has 94 valence electrons.